The lowest BCUT2D eigenvalue weighted by Crippen LogP contribution is -2.28. The van der Waals surface area contributed by atoms with E-state index in [1.54, 1.807) is 6.07 Å². The Hall–Kier alpha value is -2.44. The normalized spacial score (nSPS) is 14.5. The van der Waals surface area contributed by atoms with Crippen LogP contribution >= 0.6 is 0 Å². The monoisotopic (exact) mass is 272 g/mol. The van der Waals surface area contributed by atoms with Crippen molar-refractivity contribution in [2.45, 2.75) is 12.2 Å². The van der Waals surface area contributed by atoms with Gasteiger partial charge in [0.1, 0.15) is 6.10 Å². The summed E-state index contributed by atoms with van der Waals surface area (Å²) in [6, 6.07) is 9.32. The first-order chi connectivity index (χ1) is 9.59. The third kappa shape index (κ3) is 1.82. The minimum absolute atomic E-state index is 0.119. The molecule has 0 fully saturated rings. The lowest BCUT2D eigenvalue weighted by Gasteiger charge is -2.13. The molecule has 20 heavy (non-hydrogen) atoms. The number of carboxylic acid groups (broad SMARTS) is 1. The second-order valence-electron chi connectivity index (χ2n) is 4.52. The van der Waals surface area contributed by atoms with Crippen LogP contribution in [-0.2, 0) is 4.79 Å². The molecule has 0 amide bonds. The topological polar surface area (TPSA) is 106 Å². The first-order valence-corrected chi connectivity index (χ1v) is 6.04. The Kier molecular flexibility index (Phi) is 2.89. The van der Waals surface area contributed by atoms with E-state index in [0.717, 1.165) is 16.3 Å². The lowest BCUT2D eigenvalue weighted by molar-refractivity contribution is -0.153. The molecule has 0 aliphatic rings. The Balaban J connectivity index is 2.24. The fraction of sp³-hybridized carbons (Fsp3) is 0.143. The maximum atomic E-state index is 10.8. The number of H-pyrrole nitrogens is 1. The molecular weight excluding hydrogens is 260 g/mol. The highest BCUT2D eigenvalue weighted by atomic mass is 16.4. The molecular formula is C14H12N2O4. The number of para-hydroxylation sites is 1. The molecule has 0 saturated carbocycles. The fourth-order valence-corrected chi connectivity index (χ4v) is 2.30. The summed E-state index contributed by atoms with van der Waals surface area (Å²) < 4.78 is 0. The smallest absolute Gasteiger partial charge is 0.335 e. The Morgan fingerprint density at radius 2 is 1.90 bits per heavy atom. The molecule has 2 atom stereocenters. The van der Waals surface area contributed by atoms with Crippen molar-refractivity contribution in [2.24, 2.45) is 0 Å². The van der Waals surface area contributed by atoms with E-state index in [0.29, 0.717) is 5.52 Å². The van der Waals surface area contributed by atoms with Gasteiger partial charge in [0, 0.05) is 22.5 Å². The highest BCUT2D eigenvalue weighted by Crippen LogP contribution is 2.29. The number of hydrogen-bond acceptors (Lipinski definition) is 4. The van der Waals surface area contributed by atoms with E-state index in [-0.39, 0.29) is 5.69 Å². The van der Waals surface area contributed by atoms with Gasteiger partial charge in [0.15, 0.2) is 6.10 Å². The number of nitrogens with zero attached hydrogens (tertiary/aromatic N) is 1. The van der Waals surface area contributed by atoms with Crippen LogP contribution in [0.5, 0.6) is 0 Å². The molecule has 2 heterocycles. The first-order valence-electron chi connectivity index (χ1n) is 6.04. The van der Waals surface area contributed by atoms with Gasteiger partial charge < -0.3 is 20.3 Å². The zero-order chi connectivity index (χ0) is 14.3. The van der Waals surface area contributed by atoms with Crippen molar-refractivity contribution < 1.29 is 20.1 Å². The van der Waals surface area contributed by atoms with Gasteiger partial charge in [-0.1, -0.05) is 18.2 Å². The lowest BCUT2D eigenvalue weighted by atomic mass is 10.1. The number of aromatic amines is 1. The molecule has 6 nitrogen and oxygen atoms in total. The average molecular weight is 272 g/mol. The minimum atomic E-state index is -1.92. The molecule has 0 bridgehead atoms. The Morgan fingerprint density at radius 1 is 1.15 bits per heavy atom. The number of benzene rings is 1. The van der Waals surface area contributed by atoms with Gasteiger partial charge in [-0.05, 0) is 12.1 Å². The van der Waals surface area contributed by atoms with E-state index in [9.17, 15) is 15.0 Å². The van der Waals surface area contributed by atoms with Gasteiger partial charge in [-0.3, -0.25) is 4.98 Å². The van der Waals surface area contributed by atoms with E-state index >= 15 is 0 Å². The number of pyridine rings is 1. The molecule has 0 aliphatic carbocycles. The van der Waals surface area contributed by atoms with Gasteiger partial charge in [-0.15, -0.1) is 0 Å². The Bertz CT molecular complexity index is 796. The van der Waals surface area contributed by atoms with Gasteiger partial charge in [-0.25, -0.2) is 4.79 Å². The number of aliphatic hydroxyl groups is 2. The standard InChI is InChI=1S/C14H12N2O4/c17-12(13(18)14(19)20)11-10-8(5-6-15-11)7-3-1-2-4-9(7)16-10/h1-6,12-13,16-18H,(H,19,20)/t12-,13+/m1/s1. The van der Waals surface area contributed by atoms with Crippen LogP contribution < -0.4 is 0 Å². The Morgan fingerprint density at radius 3 is 2.65 bits per heavy atom. The number of fused-ring (bicyclic) bond motifs is 3. The third-order valence-corrected chi connectivity index (χ3v) is 3.29. The van der Waals surface area contributed by atoms with E-state index in [4.69, 9.17) is 5.11 Å². The molecule has 6 heteroatoms. The summed E-state index contributed by atoms with van der Waals surface area (Å²) in [5.74, 6) is -1.49. The van der Waals surface area contributed by atoms with Crippen LogP contribution in [0.25, 0.3) is 21.8 Å². The maximum absolute atomic E-state index is 10.8. The molecule has 4 N–H and O–H groups in total. The summed E-state index contributed by atoms with van der Waals surface area (Å²) in [5.41, 5.74) is 1.50. The number of rotatable bonds is 3. The van der Waals surface area contributed by atoms with Crippen LogP contribution in [-0.4, -0.2) is 37.4 Å². The van der Waals surface area contributed by atoms with E-state index in [1.165, 1.54) is 6.20 Å². The summed E-state index contributed by atoms with van der Waals surface area (Å²) in [6.07, 6.45) is -2.03. The summed E-state index contributed by atoms with van der Waals surface area (Å²) in [5, 5.41) is 30.0. The molecule has 3 aromatic rings. The summed E-state index contributed by atoms with van der Waals surface area (Å²) >= 11 is 0. The van der Waals surface area contributed by atoms with Crippen molar-refractivity contribution in [1.82, 2.24) is 9.97 Å². The number of aliphatic hydroxyl groups excluding tert-OH is 2. The number of nitrogens with one attached hydrogen (secondary N) is 1. The molecule has 0 unspecified atom stereocenters. The number of hydrogen-bond donors (Lipinski definition) is 4. The molecule has 0 saturated heterocycles. The highest BCUT2D eigenvalue weighted by Gasteiger charge is 2.28. The van der Waals surface area contributed by atoms with Gasteiger partial charge in [0.25, 0.3) is 0 Å². The number of carbonyl (C=O) groups is 1. The van der Waals surface area contributed by atoms with Crippen molar-refractivity contribution in [3.63, 3.8) is 0 Å². The SMILES string of the molecule is O=C(O)[C@@H](O)[C@H](O)c1nccc2c1[nH]c1ccccc12. The van der Waals surface area contributed by atoms with E-state index in [2.05, 4.69) is 9.97 Å². The maximum Gasteiger partial charge on any atom is 0.335 e. The molecule has 0 aliphatic heterocycles. The van der Waals surface area contributed by atoms with E-state index < -0.39 is 18.2 Å². The molecule has 3 rings (SSSR count). The van der Waals surface area contributed by atoms with Crippen LogP contribution in [0, 0.1) is 0 Å². The third-order valence-electron chi connectivity index (χ3n) is 3.29. The summed E-state index contributed by atoms with van der Waals surface area (Å²) in [4.78, 5) is 17.9. The van der Waals surface area contributed by atoms with Crippen LogP contribution in [0.15, 0.2) is 36.5 Å². The number of aromatic nitrogens is 2. The Labute approximate surface area is 113 Å². The predicted molar refractivity (Wildman–Crippen MR) is 72.2 cm³/mol. The summed E-state index contributed by atoms with van der Waals surface area (Å²) in [6.45, 7) is 0. The van der Waals surface area contributed by atoms with Crippen molar-refractivity contribution in [3.8, 4) is 0 Å². The van der Waals surface area contributed by atoms with Crippen LogP contribution in [0.4, 0.5) is 0 Å². The first kappa shape index (κ1) is 12.6. The largest absolute Gasteiger partial charge is 0.479 e. The van der Waals surface area contributed by atoms with Crippen LogP contribution in [0.2, 0.25) is 0 Å². The van der Waals surface area contributed by atoms with Crippen molar-refractivity contribution in [3.05, 3.63) is 42.2 Å². The molecule has 102 valence electrons. The molecule has 0 radical (unpaired) electrons. The van der Waals surface area contributed by atoms with Gasteiger partial charge in [0.05, 0.1) is 11.2 Å². The zero-order valence-corrected chi connectivity index (χ0v) is 10.3. The summed E-state index contributed by atoms with van der Waals surface area (Å²) in [7, 11) is 0. The number of aliphatic carboxylic acids is 1. The van der Waals surface area contributed by atoms with Gasteiger partial charge >= 0.3 is 5.97 Å². The molecule has 1 aromatic carbocycles. The van der Waals surface area contributed by atoms with Crippen LogP contribution in [0.1, 0.15) is 11.8 Å². The predicted octanol–water partition coefficient (Wildman–Crippen LogP) is 1.20. The van der Waals surface area contributed by atoms with E-state index in [1.807, 2.05) is 24.3 Å². The zero-order valence-electron chi connectivity index (χ0n) is 10.3. The second kappa shape index (κ2) is 4.59. The van der Waals surface area contributed by atoms with Crippen LogP contribution in [0.3, 0.4) is 0 Å². The van der Waals surface area contributed by atoms with Crippen molar-refractivity contribution in [2.75, 3.05) is 0 Å². The average Bonchev–Trinajstić information content (AvgIpc) is 2.84. The fourth-order valence-electron chi connectivity index (χ4n) is 2.30. The van der Waals surface area contributed by atoms with Crippen molar-refractivity contribution in [1.29, 1.82) is 0 Å². The minimum Gasteiger partial charge on any atom is -0.479 e. The van der Waals surface area contributed by atoms with Gasteiger partial charge in [-0.2, -0.15) is 0 Å². The highest BCUT2D eigenvalue weighted by molar-refractivity contribution is 6.07. The van der Waals surface area contributed by atoms with Crippen molar-refractivity contribution >= 4 is 27.8 Å². The molecule has 2 aromatic heterocycles. The second-order valence-corrected chi connectivity index (χ2v) is 4.52. The quantitative estimate of drug-likeness (QED) is 0.573. The number of carboxylic acids is 1. The molecule has 0 spiro atoms. The van der Waals surface area contributed by atoms with Gasteiger partial charge in [0.2, 0.25) is 0 Å².